The van der Waals surface area contributed by atoms with Crippen LogP contribution in [0, 0.1) is 0 Å². The smallest absolute Gasteiger partial charge is 0.188 e. The van der Waals surface area contributed by atoms with Crippen molar-refractivity contribution >= 4 is 28.7 Å². The first-order chi connectivity index (χ1) is 6.11. The van der Waals surface area contributed by atoms with E-state index in [0.29, 0.717) is 22.5 Å². The second-order valence-corrected chi connectivity index (χ2v) is 4.38. The molecular weight excluding hydrogens is 206 g/mol. The fourth-order valence-corrected chi connectivity index (χ4v) is 1.97. The van der Waals surface area contributed by atoms with Gasteiger partial charge in [0.25, 0.3) is 0 Å². The van der Waals surface area contributed by atoms with Crippen molar-refractivity contribution in [1.82, 2.24) is 5.32 Å². The summed E-state index contributed by atoms with van der Waals surface area (Å²) in [4.78, 5) is 12.1. The normalized spacial score (nSPS) is 10.8. The van der Waals surface area contributed by atoms with Crippen LogP contribution >= 0.6 is 22.9 Å². The van der Waals surface area contributed by atoms with Crippen LogP contribution in [0.2, 0.25) is 5.02 Å². The number of ketones is 1. The predicted octanol–water partition coefficient (Wildman–Crippen LogP) is 2.58. The lowest BCUT2D eigenvalue weighted by Crippen LogP contribution is -2.28. The minimum atomic E-state index is 0.0636. The molecule has 1 aromatic rings. The van der Waals surface area contributed by atoms with Gasteiger partial charge in [-0.25, -0.2) is 0 Å². The Labute approximate surface area is 86.9 Å². The molecule has 2 nitrogen and oxygen atoms in total. The van der Waals surface area contributed by atoms with Crippen molar-refractivity contribution in [2.45, 2.75) is 19.9 Å². The second-order valence-electron chi connectivity index (χ2n) is 3.06. The molecule has 72 valence electrons. The fraction of sp³-hybridized carbons (Fsp3) is 0.444. The summed E-state index contributed by atoms with van der Waals surface area (Å²) in [5.41, 5.74) is 0. The summed E-state index contributed by atoms with van der Waals surface area (Å²) >= 11 is 7.20. The molecule has 0 amide bonds. The second kappa shape index (κ2) is 4.74. The van der Waals surface area contributed by atoms with Gasteiger partial charge in [0.2, 0.25) is 0 Å². The molecule has 0 saturated heterocycles. The number of thiophene rings is 1. The summed E-state index contributed by atoms with van der Waals surface area (Å²) < 4.78 is 0. The van der Waals surface area contributed by atoms with Gasteiger partial charge in [-0.1, -0.05) is 25.4 Å². The molecule has 1 heterocycles. The highest BCUT2D eigenvalue weighted by Crippen LogP contribution is 2.21. The number of nitrogens with one attached hydrogen (secondary N) is 1. The van der Waals surface area contributed by atoms with Crippen LogP contribution in [0.3, 0.4) is 0 Å². The first kappa shape index (κ1) is 10.7. The maximum absolute atomic E-state index is 11.5. The lowest BCUT2D eigenvalue weighted by atomic mass is 10.3. The minimum Gasteiger partial charge on any atom is -0.307 e. The number of carbonyl (C=O) groups is 1. The summed E-state index contributed by atoms with van der Waals surface area (Å²) in [7, 11) is 0. The van der Waals surface area contributed by atoms with Crippen LogP contribution in [0.5, 0.6) is 0 Å². The van der Waals surface area contributed by atoms with Crippen molar-refractivity contribution in [3.8, 4) is 0 Å². The number of hydrogen-bond acceptors (Lipinski definition) is 3. The molecule has 0 radical (unpaired) electrons. The molecule has 0 unspecified atom stereocenters. The zero-order valence-electron chi connectivity index (χ0n) is 7.63. The molecule has 1 aromatic heterocycles. The van der Waals surface area contributed by atoms with E-state index in [1.165, 1.54) is 11.3 Å². The van der Waals surface area contributed by atoms with Gasteiger partial charge in [-0.2, -0.15) is 0 Å². The van der Waals surface area contributed by atoms with Gasteiger partial charge in [-0.05, 0) is 11.4 Å². The average Bonchev–Trinajstić information content (AvgIpc) is 2.47. The van der Waals surface area contributed by atoms with Crippen LogP contribution in [0.25, 0.3) is 0 Å². The van der Waals surface area contributed by atoms with Crippen molar-refractivity contribution in [2.24, 2.45) is 0 Å². The minimum absolute atomic E-state index is 0.0636. The fourth-order valence-electron chi connectivity index (χ4n) is 0.870. The maximum Gasteiger partial charge on any atom is 0.188 e. The zero-order chi connectivity index (χ0) is 9.84. The molecule has 0 aliphatic rings. The summed E-state index contributed by atoms with van der Waals surface area (Å²) in [5.74, 6) is 0.0636. The Hall–Kier alpha value is -0.380. The standard InChI is InChI=1S/C9H12ClNOS/c1-6(2)11-5-8(12)9-7(10)3-4-13-9/h3-4,6,11H,5H2,1-2H3. The molecule has 0 fully saturated rings. The molecular formula is C9H12ClNOS. The summed E-state index contributed by atoms with van der Waals surface area (Å²) in [6, 6.07) is 2.07. The van der Waals surface area contributed by atoms with Crippen molar-refractivity contribution in [1.29, 1.82) is 0 Å². The molecule has 1 N–H and O–H groups in total. The van der Waals surface area contributed by atoms with Crippen LogP contribution in [0.15, 0.2) is 11.4 Å². The predicted molar refractivity (Wildman–Crippen MR) is 56.8 cm³/mol. The molecule has 0 aliphatic carbocycles. The molecule has 0 spiro atoms. The van der Waals surface area contributed by atoms with Crippen LogP contribution < -0.4 is 5.32 Å². The number of rotatable bonds is 4. The van der Waals surface area contributed by atoms with Crippen molar-refractivity contribution in [2.75, 3.05) is 6.54 Å². The van der Waals surface area contributed by atoms with E-state index >= 15 is 0 Å². The highest BCUT2D eigenvalue weighted by molar-refractivity contribution is 7.12. The van der Waals surface area contributed by atoms with Crippen LogP contribution in [-0.4, -0.2) is 18.4 Å². The van der Waals surface area contributed by atoms with E-state index < -0.39 is 0 Å². The zero-order valence-corrected chi connectivity index (χ0v) is 9.21. The number of Topliss-reactive ketones (excluding diaryl/α,β-unsaturated/α-hetero) is 1. The van der Waals surface area contributed by atoms with Crippen LogP contribution in [0.4, 0.5) is 0 Å². The maximum atomic E-state index is 11.5. The van der Waals surface area contributed by atoms with Crippen molar-refractivity contribution in [3.05, 3.63) is 21.3 Å². The summed E-state index contributed by atoms with van der Waals surface area (Å²) in [5, 5.41) is 5.44. The average molecular weight is 218 g/mol. The molecule has 0 aliphatic heterocycles. The van der Waals surface area contributed by atoms with Crippen LogP contribution in [-0.2, 0) is 0 Å². The van der Waals surface area contributed by atoms with E-state index in [-0.39, 0.29) is 5.78 Å². The van der Waals surface area contributed by atoms with Crippen LogP contribution in [0.1, 0.15) is 23.5 Å². The van der Waals surface area contributed by atoms with Gasteiger partial charge in [-0.15, -0.1) is 11.3 Å². The molecule has 4 heteroatoms. The first-order valence-electron chi connectivity index (χ1n) is 4.11. The third kappa shape index (κ3) is 3.10. The van der Waals surface area contributed by atoms with E-state index in [4.69, 9.17) is 11.6 Å². The van der Waals surface area contributed by atoms with Gasteiger partial charge in [0.15, 0.2) is 5.78 Å². The van der Waals surface area contributed by atoms with Gasteiger partial charge >= 0.3 is 0 Å². The quantitative estimate of drug-likeness (QED) is 0.786. The van der Waals surface area contributed by atoms with Gasteiger partial charge < -0.3 is 5.32 Å². The topological polar surface area (TPSA) is 29.1 Å². The highest BCUT2D eigenvalue weighted by Gasteiger charge is 2.11. The Bertz CT molecular complexity index is 296. The first-order valence-corrected chi connectivity index (χ1v) is 5.36. The lowest BCUT2D eigenvalue weighted by Gasteiger charge is -2.05. The molecule has 0 saturated carbocycles. The monoisotopic (exact) mass is 217 g/mol. The molecule has 0 atom stereocenters. The lowest BCUT2D eigenvalue weighted by molar-refractivity contribution is 0.0992. The molecule has 1 rings (SSSR count). The van der Waals surface area contributed by atoms with Gasteiger partial charge in [0, 0.05) is 6.04 Å². The van der Waals surface area contributed by atoms with E-state index in [9.17, 15) is 4.79 Å². The van der Waals surface area contributed by atoms with E-state index in [2.05, 4.69) is 5.32 Å². The SMILES string of the molecule is CC(C)NCC(=O)c1sccc1Cl. The van der Waals surface area contributed by atoms with Crippen molar-refractivity contribution in [3.63, 3.8) is 0 Å². The number of hydrogen-bond donors (Lipinski definition) is 1. The molecule has 13 heavy (non-hydrogen) atoms. The Morgan fingerprint density at radius 3 is 2.85 bits per heavy atom. The van der Waals surface area contributed by atoms with E-state index in [1.807, 2.05) is 19.2 Å². The largest absolute Gasteiger partial charge is 0.307 e. The third-order valence-corrected chi connectivity index (χ3v) is 2.92. The molecule has 0 aromatic carbocycles. The number of halogens is 1. The highest BCUT2D eigenvalue weighted by atomic mass is 35.5. The van der Waals surface area contributed by atoms with Gasteiger partial charge in [0.1, 0.15) is 0 Å². The summed E-state index contributed by atoms with van der Waals surface area (Å²) in [6.45, 7) is 4.37. The van der Waals surface area contributed by atoms with Gasteiger partial charge in [0.05, 0.1) is 16.4 Å². The third-order valence-electron chi connectivity index (χ3n) is 1.54. The Morgan fingerprint density at radius 1 is 1.69 bits per heavy atom. The summed E-state index contributed by atoms with van der Waals surface area (Å²) in [6.07, 6.45) is 0. The Balaban J connectivity index is 2.54. The van der Waals surface area contributed by atoms with Crippen molar-refractivity contribution < 1.29 is 4.79 Å². The Morgan fingerprint density at radius 2 is 2.38 bits per heavy atom. The van der Waals surface area contributed by atoms with E-state index in [0.717, 1.165) is 0 Å². The number of carbonyl (C=O) groups excluding carboxylic acids is 1. The van der Waals surface area contributed by atoms with E-state index in [1.54, 1.807) is 6.07 Å². The molecule has 0 bridgehead atoms. The Kier molecular flexibility index (Phi) is 3.90. The van der Waals surface area contributed by atoms with Gasteiger partial charge in [-0.3, -0.25) is 4.79 Å².